The zero-order valence-corrected chi connectivity index (χ0v) is 15.0. The highest BCUT2D eigenvalue weighted by molar-refractivity contribution is 5.94. The van der Waals surface area contributed by atoms with Gasteiger partial charge in [0.2, 0.25) is 0 Å². The van der Waals surface area contributed by atoms with E-state index in [2.05, 4.69) is 26.7 Å². The van der Waals surface area contributed by atoms with Crippen LogP contribution in [-0.2, 0) is 6.54 Å². The van der Waals surface area contributed by atoms with Crippen molar-refractivity contribution in [2.75, 3.05) is 13.1 Å². The van der Waals surface area contributed by atoms with Crippen LogP contribution in [0, 0.1) is 12.3 Å². The second-order valence-electron chi connectivity index (χ2n) is 7.45. The Morgan fingerprint density at radius 2 is 2.16 bits per heavy atom. The van der Waals surface area contributed by atoms with Crippen LogP contribution in [0.2, 0.25) is 0 Å². The van der Waals surface area contributed by atoms with Gasteiger partial charge in [0.1, 0.15) is 17.8 Å². The number of rotatable bonds is 3. The van der Waals surface area contributed by atoms with Crippen LogP contribution in [0.3, 0.4) is 0 Å². The number of carbonyl (C=O) groups excluding carboxylic acids is 1. The third kappa shape index (κ3) is 2.64. The Kier molecular flexibility index (Phi) is 4.06. The van der Waals surface area contributed by atoms with Gasteiger partial charge in [0.05, 0.1) is 0 Å². The number of amides is 1. The molecule has 1 aliphatic heterocycles. The van der Waals surface area contributed by atoms with Crippen LogP contribution in [0.1, 0.15) is 60.4 Å². The Labute approximate surface area is 148 Å². The average Bonchev–Trinajstić information content (AvgIpc) is 3.35. The normalized spacial score (nSPS) is 22.0. The van der Waals surface area contributed by atoms with Crippen molar-refractivity contribution in [3.63, 3.8) is 0 Å². The van der Waals surface area contributed by atoms with E-state index >= 15 is 0 Å². The highest BCUT2D eigenvalue weighted by Crippen LogP contribution is 2.53. The van der Waals surface area contributed by atoms with Crippen molar-refractivity contribution in [2.45, 2.75) is 52.0 Å². The van der Waals surface area contributed by atoms with Crippen LogP contribution in [0.5, 0.6) is 0 Å². The Bertz CT molecular complexity index is 778. The number of aromatic nitrogens is 4. The number of aryl methyl sites for hydroxylation is 2. The Morgan fingerprint density at radius 1 is 1.36 bits per heavy atom. The van der Waals surface area contributed by atoms with Gasteiger partial charge >= 0.3 is 0 Å². The molecule has 1 aliphatic carbocycles. The molecule has 1 amide bonds. The van der Waals surface area contributed by atoms with E-state index in [-0.39, 0.29) is 17.2 Å². The van der Waals surface area contributed by atoms with Crippen LogP contribution in [0.4, 0.5) is 0 Å². The molecule has 2 aromatic heterocycles. The van der Waals surface area contributed by atoms with Crippen LogP contribution in [-0.4, -0.2) is 43.6 Å². The molecule has 4 rings (SSSR count). The number of nitrogens with zero attached hydrogens (tertiary/aromatic N) is 5. The molecular formula is C19H25N5O. The minimum absolute atomic E-state index is 0.0504. The molecule has 1 saturated carbocycles. The van der Waals surface area contributed by atoms with Crippen LogP contribution in [0.25, 0.3) is 0 Å². The number of pyridine rings is 1. The lowest BCUT2D eigenvalue weighted by Crippen LogP contribution is -2.32. The molecule has 2 aromatic rings. The molecule has 2 aliphatic rings. The molecule has 3 heterocycles. The van der Waals surface area contributed by atoms with E-state index in [1.807, 2.05) is 30.3 Å². The number of hydrogen-bond acceptors (Lipinski definition) is 4. The van der Waals surface area contributed by atoms with Gasteiger partial charge in [-0.15, -0.1) is 10.2 Å². The van der Waals surface area contributed by atoms with Crippen LogP contribution < -0.4 is 0 Å². The maximum Gasteiger partial charge on any atom is 0.272 e. The summed E-state index contributed by atoms with van der Waals surface area (Å²) in [6.45, 7) is 6.45. The predicted molar refractivity (Wildman–Crippen MR) is 94.2 cm³/mol. The first-order chi connectivity index (χ1) is 12.1. The summed E-state index contributed by atoms with van der Waals surface area (Å²) in [5.41, 5.74) is 1.67. The first-order valence-corrected chi connectivity index (χ1v) is 9.23. The zero-order chi connectivity index (χ0) is 17.4. The molecule has 1 unspecified atom stereocenters. The summed E-state index contributed by atoms with van der Waals surface area (Å²) in [4.78, 5) is 19.4. The molecule has 1 atom stereocenters. The van der Waals surface area contributed by atoms with Crippen molar-refractivity contribution in [3.05, 3.63) is 41.7 Å². The fourth-order valence-corrected chi connectivity index (χ4v) is 4.70. The van der Waals surface area contributed by atoms with Crippen molar-refractivity contribution in [1.29, 1.82) is 0 Å². The third-order valence-electron chi connectivity index (χ3n) is 6.04. The molecular weight excluding hydrogens is 314 g/mol. The van der Waals surface area contributed by atoms with Gasteiger partial charge in [-0.05, 0) is 43.7 Å². The van der Waals surface area contributed by atoms with E-state index < -0.39 is 0 Å². The van der Waals surface area contributed by atoms with Gasteiger partial charge in [0.25, 0.3) is 5.91 Å². The lowest BCUT2D eigenvalue weighted by atomic mass is 9.76. The first kappa shape index (κ1) is 16.2. The highest BCUT2D eigenvalue weighted by atomic mass is 16.2. The second-order valence-corrected chi connectivity index (χ2v) is 7.45. The molecule has 6 heteroatoms. The quantitative estimate of drug-likeness (QED) is 0.862. The molecule has 0 bridgehead atoms. The monoisotopic (exact) mass is 339 g/mol. The van der Waals surface area contributed by atoms with Gasteiger partial charge in [-0.2, -0.15) is 0 Å². The van der Waals surface area contributed by atoms with E-state index in [9.17, 15) is 4.79 Å². The summed E-state index contributed by atoms with van der Waals surface area (Å²) in [7, 11) is 0. The number of likely N-dealkylation sites (tertiary alicyclic amines) is 1. The molecule has 1 spiro atoms. The van der Waals surface area contributed by atoms with E-state index in [0.29, 0.717) is 12.2 Å². The maximum atomic E-state index is 13.1. The SMILES string of the molecule is CCn1cnnc1C1CN(C(=O)c2ncccc2C)CC12CCCC2. The highest BCUT2D eigenvalue weighted by Gasteiger charge is 2.51. The molecule has 2 fully saturated rings. The Morgan fingerprint density at radius 3 is 2.88 bits per heavy atom. The summed E-state index contributed by atoms with van der Waals surface area (Å²) in [5.74, 6) is 1.36. The molecule has 132 valence electrons. The zero-order valence-electron chi connectivity index (χ0n) is 15.0. The topological polar surface area (TPSA) is 63.9 Å². The van der Waals surface area contributed by atoms with E-state index in [1.165, 1.54) is 25.7 Å². The molecule has 1 saturated heterocycles. The Hall–Kier alpha value is -2.24. The van der Waals surface area contributed by atoms with Crippen LogP contribution in [0.15, 0.2) is 24.7 Å². The average molecular weight is 339 g/mol. The fraction of sp³-hybridized carbons (Fsp3) is 0.579. The summed E-state index contributed by atoms with van der Waals surface area (Å²) >= 11 is 0. The van der Waals surface area contributed by atoms with E-state index in [0.717, 1.165) is 24.5 Å². The Balaban J connectivity index is 1.67. The van der Waals surface area contributed by atoms with Crippen molar-refractivity contribution in [1.82, 2.24) is 24.6 Å². The molecule has 25 heavy (non-hydrogen) atoms. The van der Waals surface area contributed by atoms with Gasteiger partial charge in [-0.25, -0.2) is 0 Å². The fourth-order valence-electron chi connectivity index (χ4n) is 4.70. The lowest BCUT2D eigenvalue weighted by Gasteiger charge is -2.29. The summed E-state index contributed by atoms with van der Waals surface area (Å²) in [6.07, 6.45) is 8.32. The van der Waals surface area contributed by atoms with Gasteiger partial charge < -0.3 is 9.47 Å². The van der Waals surface area contributed by atoms with Gasteiger partial charge in [-0.3, -0.25) is 9.78 Å². The van der Waals surface area contributed by atoms with Crippen LogP contribution >= 0.6 is 0 Å². The molecule has 0 aromatic carbocycles. The summed E-state index contributed by atoms with van der Waals surface area (Å²) in [5, 5.41) is 8.56. The molecule has 6 nitrogen and oxygen atoms in total. The number of carbonyl (C=O) groups is 1. The molecule has 0 radical (unpaired) electrons. The predicted octanol–water partition coefficient (Wildman–Crippen LogP) is 2.80. The first-order valence-electron chi connectivity index (χ1n) is 9.23. The minimum Gasteiger partial charge on any atom is -0.336 e. The summed E-state index contributed by atoms with van der Waals surface area (Å²) in [6, 6.07) is 3.83. The van der Waals surface area contributed by atoms with Crippen molar-refractivity contribution in [3.8, 4) is 0 Å². The van der Waals surface area contributed by atoms with Gasteiger partial charge in [0.15, 0.2) is 0 Å². The third-order valence-corrected chi connectivity index (χ3v) is 6.04. The molecule has 0 N–H and O–H groups in total. The number of hydrogen-bond donors (Lipinski definition) is 0. The summed E-state index contributed by atoms with van der Waals surface area (Å²) < 4.78 is 2.13. The van der Waals surface area contributed by atoms with E-state index in [1.54, 1.807) is 6.20 Å². The van der Waals surface area contributed by atoms with Crippen molar-refractivity contribution < 1.29 is 4.79 Å². The van der Waals surface area contributed by atoms with Crippen molar-refractivity contribution in [2.24, 2.45) is 5.41 Å². The minimum atomic E-state index is 0.0504. The van der Waals surface area contributed by atoms with Crippen molar-refractivity contribution >= 4 is 5.91 Å². The van der Waals surface area contributed by atoms with E-state index in [4.69, 9.17) is 0 Å². The van der Waals surface area contributed by atoms with Gasteiger partial charge in [0, 0.05) is 31.7 Å². The maximum absolute atomic E-state index is 13.1. The lowest BCUT2D eigenvalue weighted by molar-refractivity contribution is 0.0766. The van der Waals surface area contributed by atoms with Gasteiger partial charge in [-0.1, -0.05) is 18.9 Å². The largest absolute Gasteiger partial charge is 0.336 e. The standard InChI is InChI=1S/C19H25N5O/c1-3-23-13-21-22-17(23)15-11-24(12-19(15)8-4-5-9-19)18(25)16-14(2)7-6-10-20-16/h6-7,10,13,15H,3-5,8-9,11-12H2,1-2H3. The second kappa shape index (κ2) is 6.24. The smallest absolute Gasteiger partial charge is 0.272 e.